The van der Waals surface area contributed by atoms with Crippen LogP contribution in [-0.2, 0) is 20.2 Å². The minimum Gasteiger partial charge on any atom is -0.395 e. The maximum absolute atomic E-state index is 10.3. The van der Waals surface area contributed by atoms with Crippen LogP contribution in [0, 0.1) is 0 Å². The van der Waals surface area contributed by atoms with Gasteiger partial charge in [0, 0.05) is 39.3 Å². The molecule has 160 valence electrons. The lowest BCUT2D eigenvalue weighted by Crippen LogP contribution is -2.34. The lowest BCUT2D eigenvalue weighted by molar-refractivity contribution is 0.166. The van der Waals surface area contributed by atoms with E-state index in [9.17, 15) is 16.8 Å². The first-order valence-corrected chi connectivity index (χ1v) is 11.0. The number of aliphatic hydroxyl groups is 4. The molecule has 0 spiro atoms. The fraction of sp³-hybridized carbons (Fsp3) is 1.00. The number of aliphatic hydroxyl groups excluding tert-OH is 4. The second kappa shape index (κ2) is 15.6. The molecular formula is C12H30N2O10S2. The van der Waals surface area contributed by atoms with Gasteiger partial charge in [0.05, 0.1) is 37.9 Å². The molecule has 0 aliphatic heterocycles. The molecule has 0 aliphatic carbocycles. The summed E-state index contributed by atoms with van der Waals surface area (Å²) in [7, 11) is -7.92. The molecule has 14 heteroatoms. The molecule has 0 heterocycles. The summed E-state index contributed by atoms with van der Waals surface area (Å²) < 4.78 is 58.2. The van der Waals surface area contributed by atoms with Crippen molar-refractivity contribution >= 4 is 20.2 Å². The first kappa shape index (κ1) is 27.8. The summed E-state index contributed by atoms with van der Waals surface area (Å²) in [6.45, 7) is 0.951. The standard InChI is InChI=1S/2C6H15NO5S/c2*8-4-1-7(2-5-9)3-6-13(10,11)12/h2*8-9H,1-6H2,(H,10,11,12). The quantitative estimate of drug-likeness (QED) is 0.149. The molecule has 0 atom stereocenters. The van der Waals surface area contributed by atoms with Crippen LogP contribution in [-0.4, -0.2) is 133 Å². The first-order valence-electron chi connectivity index (χ1n) is 7.77. The molecule has 6 N–H and O–H groups in total. The first-order chi connectivity index (χ1) is 12.0. The van der Waals surface area contributed by atoms with Gasteiger partial charge in [-0.05, 0) is 0 Å². The topological polar surface area (TPSA) is 196 Å². The van der Waals surface area contributed by atoms with Crippen molar-refractivity contribution in [1.82, 2.24) is 9.80 Å². The highest BCUT2D eigenvalue weighted by atomic mass is 32.2. The van der Waals surface area contributed by atoms with E-state index in [-0.39, 0.29) is 77.2 Å². The molecule has 26 heavy (non-hydrogen) atoms. The maximum atomic E-state index is 10.3. The number of hydrogen-bond donors (Lipinski definition) is 6. The summed E-state index contributed by atoms with van der Waals surface area (Å²) in [4.78, 5) is 3.10. The molecular weight excluding hydrogens is 396 g/mol. The lowest BCUT2D eigenvalue weighted by Gasteiger charge is -2.18. The van der Waals surface area contributed by atoms with Gasteiger partial charge >= 0.3 is 0 Å². The molecule has 0 aliphatic rings. The summed E-state index contributed by atoms with van der Waals surface area (Å²) in [5, 5.41) is 34.2. The zero-order valence-electron chi connectivity index (χ0n) is 14.5. The summed E-state index contributed by atoms with van der Waals surface area (Å²) in [6.07, 6.45) is 0. The van der Waals surface area contributed by atoms with Crippen LogP contribution in [0.15, 0.2) is 0 Å². The van der Waals surface area contributed by atoms with Crippen molar-refractivity contribution in [2.75, 3.05) is 77.2 Å². The third-order valence-corrected chi connectivity index (χ3v) is 4.39. The highest BCUT2D eigenvalue weighted by molar-refractivity contribution is 7.86. The summed E-state index contributed by atoms with van der Waals surface area (Å²) in [5.41, 5.74) is 0. The molecule has 12 nitrogen and oxygen atoms in total. The molecule has 0 aromatic carbocycles. The van der Waals surface area contributed by atoms with E-state index in [2.05, 4.69) is 0 Å². The van der Waals surface area contributed by atoms with Crippen molar-refractivity contribution in [3.8, 4) is 0 Å². The van der Waals surface area contributed by atoms with Crippen LogP contribution in [0.5, 0.6) is 0 Å². The van der Waals surface area contributed by atoms with E-state index in [4.69, 9.17) is 29.5 Å². The number of nitrogens with zero attached hydrogens (tertiary/aromatic N) is 2. The minimum absolute atomic E-state index is 0.106. The average Bonchev–Trinajstić information content (AvgIpc) is 2.50. The molecule has 0 amide bonds. The van der Waals surface area contributed by atoms with Crippen molar-refractivity contribution in [2.45, 2.75) is 0 Å². The van der Waals surface area contributed by atoms with E-state index < -0.39 is 20.2 Å². The normalized spacial score (nSPS) is 12.3. The second-order valence-electron chi connectivity index (χ2n) is 5.15. The Morgan fingerprint density at radius 2 is 0.731 bits per heavy atom. The van der Waals surface area contributed by atoms with E-state index >= 15 is 0 Å². The second-order valence-corrected chi connectivity index (χ2v) is 8.29. The predicted molar refractivity (Wildman–Crippen MR) is 94.1 cm³/mol. The SMILES string of the molecule is O=S(=O)(O)CCN(CCO)CCO.O=S(=O)(O)CCN(CCO)CCO. The summed E-state index contributed by atoms with van der Waals surface area (Å²) in [5.74, 6) is -0.764. The molecule has 0 aromatic heterocycles. The molecule has 0 saturated heterocycles. The van der Waals surface area contributed by atoms with Gasteiger partial charge in [0.1, 0.15) is 0 Å². The van der Waals surface area contributed by atoms with Gasteiger partial charge in [0.25, 0.3) is 20.2 Å². The zero-order chi connectivity index (χ0) is 20.6. The van der Waals surface area contributed by atoms with E-state index in [1.54, 1.807) is 9.80 Å². The molecule has 0 rings (SSSR count). The van der Waals surface area contributed by atoms with Gasteiger partial charge in [-0.15, -0.1) is 0 Å². The van der Waals surface area contributed by atoms with Gasteiger partial charge in [0.15, 0.2) is 0 Å². The Kier molecular flexibility index (Phi) is 16.7. The highest BCUT2D eigenvalue weighted by Gasteiger charge is 2.10. The van der Waals surface area contributed by atoms with Crippen LogP contribution < -0.4 is 0 Å². The third-order valence-electron chi connectivity index (χ3n) is 3.00. The largest absolute Gasteiger partial charge is 0.395 e. The average molecular weight is 427 g/mol. The van der Waals surface area contributed by atoms with E-state index in [0.29, 0.717) is 0 Å². The maximum Gasteiger partial charge on any atom is 0.266 e. The lowest BCUT2D eigenvalue weighted by atomic mass is 10.5. The van der Waals surface area contributed by atoms with E-state index in [1.807, 2.05) is 0 Å². The Morgan fingerprint density at radius 1 is 0.500 bits per heavy atom. The number of rotatable bonds is 14. The minimum atomic E-state index is -3.96. The summed E-state index contributed by atoms with van der Waals surface area (Å²) >= 11 is 0. The van der Waals surface area contributed by atoms with Crippen molar-refractivity contribution in [3.63, 3.8) is 0 Å². The van der Waals surface area contributed by atoms with Crippen LogP contribution in [0.25, 0.3) is 0 Å². The molecule has 0 unspecified atom stereocenters. The smallest absolute Gasteiger partial charge is 0.266 e. The predicted octanol–water partition coefficient (Wildman–Crippen LogP) is -3.68. The Hall–Kier alpha value is -0.420. The Bertz CT molecular complexity index is 466. The molecule has 0 aromatic rings. The van der Waals surface area contributed by atoms with Crippen LogP contribution in [0.4, 0.5) is 0 Å². The van der Waals surface area contributed by atoms with Crippen LogP contribution in [0.2, 0.25) is 0 Å². The molecule has 0 fully saturated rings. The fourth-order valence-corrected chi connectivity index (χ4v) is 2.70. The Balaban J connectivity index is 0. The van der Waals surface area contributed by atoms with Crippen molar-refractivity contribution in [1.29, 1.82) is 0 Å². The highest BCUT2D eigenvalue weighted by Crippen LogP contribution is 1.91. The van der Waals surface area contributed by atoms with Crippen molar-refractivity contribution in [3.05, 3.63) is 0 Å². The fourth-order valence-electron chi connectivity index (χ4n) is 1.73. The van der Waals surface area contributed by atoms with E-state index in [1.165, 1.54) is 0 Å². The van der Waals surface area contributed by atoms with Crippen molar-refractivity contribution in [2.24, 2.45) is 0 Å². The van der Waals surface area contributed by atoms with Gasteiger partial charge in [-0.2, -0.15) is 16.8 Å². The van der Waals surface area contributed by atoms with Crippen LogP contribution >= 0.6 is 0 Å². The molecule has 0 bridgehead atoms. The van der Waals surface area contributed by atoms with Gasteiger partial charge in [-0.1, -0.05) is 0 Å². The van der Waals surface area contributed by atoms with Gasteiger partial charge in [-0.25, -0.2) is 0 Å². The Labute approximate surface area is 154 Å². The van der Waals surface area contributed by atoms with Gasteiger partial charge in [0.2, 0.25) is 0 Å². The van der Waals surface area contributed by atoms with Gasteiger partial charge in [-0.3, -0.25) is 18.9 Å². The molecule has 0 radical (unpaired) electrons. The Morgan fingerprint density at radius 3 is 0.885 bits per heavy atom. The van der Waals surface area contributed by atoms with Crippen LogP contribution in [0.3, 0.4) is 0 Å². The van der Waals surface area contributed by atoms with E-state index in [0.717, 1.165) is 0 Å². The summed E-state index contributed by atoms with van der Waals surface area (Å²) in [6, 6.07) is 0. The number of hydrogen-bond acceptors (Lipinski definition) is 10. The molecule has 0 saturated carbocycles. The van der Waals surface area contributed by atoms with Crippen LogP contribution in [0.1, 0.15) is 0 Å². The van der Waals surface area contributed by atoms with Gasteiger partial charge < -0.3 is 20.4 Å². The van der Waals surface area contributed by atoms with Crippen molar-refractivity contribution < 1.29 is 46.4 Å². The monoisotopic (exact) mass is 426 g/mol. The third kappa shape index (κ3) is 21.6. The zero-order valence-corrected chi connectivity index (χ0v) is 16.1.